The van der Waals surface area contributed by atoms with Crippen LogP contribution in [0.4, 0.5) is 0 Å². The second kappa shape index (κ2) is 14.9. The van der Waals surface area contributed by atoms with Crippen LogP contribution in [0.25, 0.3) is 0 Å². The molecule has 0 amide bonds. The van der Waals surface area contributed by atoms with Crippen molar-refractivity contribution in [3.63, 3.8) is 0 Å². The maximum Gasteiger partial charge on any atom is 0.283 e. The van der Waals surface area contributed by atoms with Crippen LogP contribution in [0.2, 0.25) is 0 Å². The number of unbranched alkanes of at least 4 members (excludes halogenated alkanes) is 9. The molecule has 1 aromatic carbocycles. The first-order valence-electron chi connectivity index (χ1n) is 10.6. The first-order chi connectivity index (χ1) is 12.8. The van der Waals surface area contributed by atoms with Crippen LogP contribution >= 0.6 is 0 Å². The number of H-pyrrole nitrogens is 1. The molecule has 4 heteroatoms. The van der Waals surface area contributed by atoms with Crippen molar-refractivity contribution in [3.8, 4) is 0 Å². The molecule has 0 bridgehead atoms. The summed E-state index contributed by atoms with van der Waals surface area (Å²) in [7, 11) is 0. The summed E-state index contributed by atoms with van der Waals surface area (Å²) in [6, 6.07) is 10.4. The van der Waals surface area contributed by atoms with Crippen molar-refractivity contribution in [1.29, 1.82) is 0 Å². The zero-order valence-corrected chi connectivity index (χ0v) is 18.5. The lowest BCUT2D eigenvalue weighted by atomic mass is 10.0. The summed E-state index contributed by atoms with van der Waals surface area (Å²) in [4.78, 5) is 3.22. The van der Waals surface area contributed by atoms with E-state index in [0.29, 0.717) is 0 Å². The second-order valence-electron chi connectivity index (χ2n) is 7.45. The molecule has 0 saturated heterocycles. The summed E-state index contributed by atoms with van der Waals surface area (Å²) in [6.45, 7) is 3.07. The number of aliphatic hydroxyl groups is 1. The van der Waals surface area contributed by atoms with Crippen molar-refractivity contribution in [3.05, 3.63) is 54.1 Å². The molecular weight excluding hydrogens is 400 g/mol. The van der Waals surface area contributed by atoms with E-state index in [4.69, 9.17) is 0 Å². The molecule has 2 aromatic rings. The third-order valence-electron chi connectivity index (χ3n) is 5.14. The van der Waals surface area contributed by atoms with Gasteiger partial charge in [-0.05, 0) is 12.0 Å². The monoisotopic (exact) mass is 436 g/mol. The van der Waals surface area contributed by atoms with Crippen molar-refractivity contribution in [2.75, 3.05) is 0 Å². The topological polar surface area (TPSA) is 39.9 Å². The van der Waals surface area contributed by atoms with E-state index in [0.717, 1.165) is 25.2 Å². The van der Waals surface area contributed by atoms with Crippen LogP contribution in [0.5, 0.6) is 0 Å². The number of imidazole rings is 1. The molecule has 0 fully saturated rings. The van der Waals surface area contributed by atoms with Crippen molar-refractivity contribution >= 4 is 0 Å². The first kappa shape index (κ1) is 23.9. The highest BCUT2D eigenvalue weighted by Gasteiger charge is 2.20. The van der Waals surface area contributed by atoms with E-state index < -0.39 is 6.10 Å². The van der Waals surface area contributed by atoms with Gasteiger partial charge in [-0.2, -0.15) is 0 Å². The molecular formula is C23H37BrN2O. The summed E-state index contributed by atoms with van der Waals surface area (Å²) in [6.07, 6.45) is 17.6. The highest BCUT2D eigenvalue weighted by atomic mass is 79.9. The van der Waals surface area contributed by atoms with Gasteiger partial charge in [-0.3, -0.25) is 0 Å². The fourth-order valence-electron chi connectivity index (χ4n) is 3.54. The molecule has 3 nitrogen and oxygen atoms in total. The maximum absolute atomic E-state index is 10.5. The molecule has 0 aliphatic heterocycles. The van der Waals surface area contributed by atoms with Crippen LogP contribution < -0.4 is 21.5 Å². The minimum absolute atomic E-state index is 0. The Morgan fingerprint density at radius 3 is 2.11 bits per heavy atom. The minimum atomic E-state index is -0.400. The summed E-state index contributed by atoms with van der Waals surface area (Å²) in [5.41, 5.74) is 1.25. The minimum Gasteiger partial charge on any atom is -1.00 e. The van der Waals surface area contributed by atoms with Gasteiger partial charge in [-0.15, -0.1) is 0 Å². The van der Waals surface area contributed by atoms with Crippen LogP contribution in [-0.4, -0.2) is 10.1 Å². The Morgan fingerprint density at radius 1 is 0.889 bits per heavy atom. The Morgan fingerprint density at radius 2 is 1.48 bits per heavy atom. The number of hydrogen-bond acceptors (Lipinski definition) is 1. The Labute approximate surface area is 176 Å². The normalized spacial score (nSPS) is 11.9. The van der Waals surface area contributed by atoms with E-state index in [-0.39, 0.29) is 17.0 Å². The number of rotatable bonds is 14. The van der Waals surface area contributed by atoms with Crippen molar-refractivity contribution in [1.82, 2.24) is 4.98 Å². The number of aliphatic hydroxyl groups excluding tert-OH is 1. The number of benzene rings is 1. The van der Waals surface area contributed by atoms with E-state index in [1.165, 1.54) is 63.4 Å². The number of aromatic amines is 1. The maximum atomic E-state index is 10.5. The van der Waals surface area contributed by atoms with Crippen LogP contribution in [0.1, 0.15) is 95.0 Å². The van der Waals surface area contributed by atoms with Gasteiger partial charge >= 0.3 is 0 Å². The molecule has 0 aliphatic carbocycles. The molecule has 27 heavy (non-hydrogen) atoms. The summed E-state index contributed by atoms with van der Waals surface area (Å²) in [5.74, 6) is 0.921. The third-order valence-corrected chi connectivity index (χ3v) is 5.14. The SMILES string of the molecule is CCCCCCCCCCCCC(O)c1[nH]cc[n+]1Cc1ccccc1.[Br-]. The lowest BCUT2D eigenvalue weighted by Gasteiger charge is -2.08. The average Bonchev–Trinajstić information content (AvgIpc) is 3.12. The van der Waals surface area contributed by atoms with Crippen molar-refractivity contribution in [2.24, 2.45) is 0 Å². The van der Waals surface area contributed by atoms with E-state index in [2.05, 4.69) is 40.7 Å². The van der Waals surface area contributed by atoms with Gasteiger partial charge in [0.25, 0.3) is 5.82 Å². The molecule has 1 atom stereocenters. The van der Waals surface area contributed by atoms with Gasteiger partial charge in [-0.25, -0.2) is 9.55 Å². The van der Waals surface area contributed by atoms with Gasteiger partial charge in [0.05, 0.1) is 0 Å². The lowest BCUT2D eigenvalue weighted by molar-refractivity contribution is -0.698. The summed E-state index contributed by atoms with van der Waals surface area (Å²) < 4.78 is 2.12. The number of halogens is 1. The Hall–Kier alpha value is -1.13. The van der Waals surface area contributed by atoms with E-state index in [1.54, 1.807) is 0 Å². The van der Waals surface area contributed by atoms with Gasteiger partial charge in [0.15, 0.2) is 6.10 Å². The number of nitrogens with one attached hydrogen (secondary N) is 1. The van der Waals surface area contributed by atoms with Gasteiger partial charge in [0, 0.05) is 0 Å². The Bertz CT molecular complexity index is 585. The molecule has 2 N–H and O–H groups in total. The zero-order chi connectivity index (χ0) is 18.5. The Balaban J connectivity index is 0.00000364. The number of nitrogens with zero attached hydrogens (tertiary/aromatic N) is 1. The molecule has 1 heterocycles. The van der Waals surface area contributed by atoms with Gasteiger partial charge < -0.3 is 22.1 Å². The summed E-state index contributed by atoms with van der Waals surface area (Å²) in [5, 5.41) is 10.5. The highest BCUT2D eigenvalue weighted by Crippen LogP contribution is 2.17. The number of aromatic nitrogens is 2. The highest BCUT2D eigenvalue weighted by molar-refractivity contribution is 5.13. The van der Waals surface area contributed by atoms with Crippen LogP contribution in [-0.2, 0) is 6.54 Å². The van der Waals surface area contributed by atoms with E-state index >= 15 is 0 Å². The van der Waals surface area contributed by atoms with Gasteiger partial charge in [-0.1, -0.05) is 101 Å². The van der Waals surface area contributed by atoms with E-state index in [9.17, 15) is 5.11 Å². The predicted octanol–water partition coefficient (Wildman–Crippen LogP) is 2.70. The standard InChI is InChI=1S/C23H36N2O.BrH/c1-2-3-4-5-6-7-8-9-10-14-17-22(26)23-24-18-19-25(23)20-21-15-12-11-13-16-21;/h11-13,15-16,18-19,22,26H,2-10,14,17,20H2,1H3;1H. The molecule has 152 valence electrons. The molecule has 2 rings (SSSR count). The largest absolute Gasteiger partial charge is 1.00 e. The first-order valence-corrected chi connectivity index (χ1v) is 10.6. The average molecular weight is 437 g/mol. The summed E-state index contributed by atoms with van der Waals surface area (Å²) >= 11 is 0. The quantitative estimate of drug-likeness (QED) is 0.346. The Kier molecular flexibility index (Phi) is 13.2. The fraction of sp³-hybridized carbons (Fsp3) is 0.609. The van der Waals surface area contributed by atoms with E-state index in [1.807, 2.05) is 18.5 Å². The zero-order valence-electron chi connectivity index (χ0n) is 16.9. The molecule has 0 spiro atoms. The third kappa shape index (κ3) is 9.57. The molecule has 0 radical (unpaired) electrons. The molecule has 0 aliphatic rings. The number of hydrogen-bond donors (Lipinski definition) is 2. The van der Waals surface area contributed by atoms with Crippen molar-refractivity contribution in [2.45, 2.75) is 90.2 Å². The smallest absolute Gasteiger partial charge is 0.283 e. The van der Waals surface area contributed by atoms with Crippen molar-refractivity contribution < 1.29 is 26.7 Å². The van der Waals surface area contributed by atoms with Crippen LogP contribution in [0.3, 0.4) is 0 Å². The molecule has 1 aromatic heterocycles. The lowest BCUT2D eigenvalue weighted by Crippen LogP contribution is -3.00. The molecule has 1 unspecified atom stereocenters. The van der Waals surface area contributed by atoms with Gasteiger partial charge in [0.1, 0.15) is 18.9 Å². The fourth-order valence-corrected chi connectivity index (χ4v) is 3.54. The second-order valence-corrected chi connectivity index (χ2v) is 7.45. The predicted molar refractivity (Wildman–Crippen MR) is 108 cm³/mol. The molecule has 0 saturated carbocycles. The van der Waals surface area contributed by atoms with Gasteiger partial charge in [0.2, 0.25) is 0 Å². The van der Waals surface area contributed by atoms with Crippen LogP contribution in [0, 0.1) is 0 Å². The van der Waals surface area contributed by atoms with Crippen LogP contribution in [0.15, 0.2) is 42.7 Å².